The third-order valence-corrected chi connectivity index (χ3v) is 5.18. The number of carbonyl (C=O) groups excluding carboxylic acids is 2. The Hall–Kier alpha value is -2.41. The molecule has 1 atom stereocenters. The van der Waals surface area contributed by atoms with Crippen molar-refractivity contribution in [3.05, 3.63) is 29.8 Å². The van der Waals surface area contributed by atoms with E-state index in [0.29, 0.717) is 24.4 Å². The lowest BCUT2D eigenvalue weighted by molar-refractivity contribution is -0.141. The van der Waals surface area contributed by atoms with Crippen LogP contribution in [0.25, 0.3) is 0 Å². The summed E-state index contributed by atoms with van der Waals surface area (Å²) in [6, 6.07) is 6.92. The molecule has 7 nitrogen and oxygen atoms in total. The zero-order valence-corrected chi connectivity index (χ0v) is 15.4. The Morgan fingerprint density at radius 1 is 1.19 bits per heavy atom. The topological polar surface area (TPSA) is 95.9 Å². The Morgan fingerprint density at radius 3 is 2.70 bits per heavy atom. The predicted octanol–water partition coefficient (Wildman–Crippen LogP) is 2.52. The number of anilines is 1. The molecule has 2 amide bonds. The van der Waals surface area contributed by atoms with Gasteiger partial charge in [0.15, 0.2) is 0 Å². The Balaban J connectivity index is 1.62. The van der Waals surface area contributed by atoms with Crippen LogP contribution in [0.4, 0.5) is 5.69 Å². The fraction of sp³-hybridized carbons (Fsp3) is 0.550. The summed E-state index contributed by atoms with van der Waals surface area (Å²) in [5.41, 5.74) is 1.10. The Bertz CT molecular complexity index is 699. The van der Waals surface area contributed by atoms with Crippen LogP contribution in [0, 0.1) is 5.92 Å². The fourth-order valence-corrected chi connectivity index (χ4v) is 3.74. The lowest BCUT2D eigenvalue weighted by Gasteiger charge is -2.32. The first-order valence-electron chi connectivity index (χ1n) is 9.56. The molecule has 1 unspecified atom stereocenters. The highest BCUT2D eigenvalue weighted by molar-refractivity contribution is 5.97. The second kappa shape index (κ2) is 8.99. The molecule has 2 fully saturated rings. The van der Waals surface area contributed by atoms with Crippen molar-refractivity contribution in [1.29, 1.82) is 0 Å². The molecule has 2 N–H and O–H groups in total. The number of ether oxygens (including phenoxy) is 1. The van der Waals surface area contributed by atoms with Crippen LogP contribution in [0.1, 0.15) is 48.9 Å². The number of amides is 2. The number of hydrogen-bond donors (Lipinski definition) is 2. The highest BCUT2D eigenvalue weighted by Crippen LogP contribution is 2.25. The quantitative estimate of drug-likeness (QED) is 0.826. The first kappa shape index (κ1) is 19.4. The molecule has 0 bridgehead atoms. The van der Waals surface area contributed by atoms with E-state index in [9.17, 15) is 14.4 Å². The van der Waals surface area contributed by atoms with E-state index in [1.165, 1.54) is 6.42 Å². The number of hydrogen-bond acceptors (Lipinski definition) is 4. The van der Waals surface area contributed by atoms with Crippen molar-refractivity contribution in [3.8, 4) is 0 Å². The average molecular weight is 374 g/mol. The average Bonchev–Trinajstić information content (AvgIpc) is 2.68. The van der Waals surface area contributed by atoms with Gasteiger partial charge in [-0.3, -0.25) is 14.4 Å². The van der Waals surface area contributed by atoms with E-state index in [2.05, 4.69) is 5.32 Å². The van der Waals surface area contributed by atoms with Crippen LogP contribution in [0.2, 0.25) is 0 Å². The molecule has 1 aromatic rings. The lowest BCUT2D eigenvalue weighted by atomic mass is 9.88. The van der Waals surface area contributed by atoms with Gasteiger partial charge < -0.3 is 20.1 Å². The standard InChI is InChI=1S/C20H26N2O5/c23-18(24)12-17-13-22(9-10-27-17)20(26)15-7-4-8-16(11-15)21-19(25)14-5-2-1-3-6-14/h4,7-8,11,14,17H,1-3,5-6,9-10,12-13H2,(H,21,25)(H,23,24). The summed E-state index contributed by atoms with van der Waals surface area (Å²) in [5.74, 6) is -1.05. The second-order valence-corrected chi connectivity index (χ2v) is 7.25. The van der Waals surface area contributed by atoms with E-state index in [1.807, 2.05) is 0 Å². The molecule has 1 saturated carbocycles. The lowest BCUT2D eigenvalue weighted by Crippen LogP contribution is -2.46. The van der Waals surface area contributed by atoms with Gasteiger partial charge in [-0.15, -0.1) is 0 Å². The summed E-state index contributed by atoms with van der Waals surface area (Å²) in [5, 5.41) is 11.8. The SMILES string of the molecule is O=C(O)CC1CN(C(=O)c2cccc(NC(=O)C3CCCCC3)c2)CCO1. The van der Waals surface area contributed by atoms with E-state index in [0.717, 1.165) is 25.7 Å². The Morgan fingerprint density at radius 2 is 1.96 bits per heavy atom. The zero-order chi connectivity index (χ0) is 19.2. The van der Waals surface area contributed by atoms with Gasteiger partial charge in [0.25, 0.3) is 5.91 Å². The van der Waals surface area contributed by atoms with Gasteiger partial charge in [-0.1, -0.05) is 25.3 Å². The van der Waals surface area contributed by atoms with E-state index in [-0.39, 0.29) is 30.7 Å². The molecule has 146 valence electrons. The third kappa shape index (κ3) is 5.29. The zero-order valence-electron chi connectivity index (χ0n) is 15.4. The highest BCUT2D eigenvalue weighted by Gasteiger charge is 2.27. The summed E-state index contributed by atoms with van der Waals surface area (Å²) < 4.78 is 5.42. The Labute approximate surface area is 158 Å². The molecule has 1 heterocycles. The number of rotatable bonds is 5. The van der Waals surface area contributed by atoms with E-state index >= 15 is 0 Å². The number of carboxylic acid groups (broad SMARTS) is 1. The van der Waals surface area contributed by atoms with Crippen molar-refractivity contribution in [3.63, 3.8) is 0 Å². The van der Waals surface area contributed by atoms with Crippen LogP contribution in [0.3, 0.4) is 0 Å². The molecule has 3 rings (SSSR count). The molecule has 1 aliphatic heterocycles. The molecule has 1 aliphatic carbocycles. The van der Waals surface area contributed by atoms with Crippen molar-refractivity contribution >= 4 is 23.5 Å². The number of carboxylic acids is 1. The largest absolute Gasteiger partial charge is 0.481 e. The van der Waals surface area contributed by atoms with E-state index in [1.54, 1.807) is 29.2 Å². The van der Waals surface area contributed by atoms with Crippen LogP contribution < -0.4 is 5.32 Å². The maximum atomic E-state index is 12.8. The van der Waals surface area contributed by atoms with E-state index in [4.69, 9.17) is 9.84 Å². The molecule has 1 saturated heterocycles. The molecule has 1 aromatic carbocycles. The molecule has 7 heteroatoms. The smallest absolute Gasteiger partial charge is 0.306 e. The van der Waals surface area contributed by atoms with E-state index < -0.39 is 12.1 Å². The van der Waals surface area contributed by atoms with Crippen LogP contribution in [-0.2, 0) is 14.3 Å². The minimum atomic E-state index is -0.943. The van der Waals surface area contributed by atoms with Crippen molar-refractivity contribution in [1.82, 2.24) is 4.90 Å². The minimum absolute atomic E-state index is 0.0205. The van der Waals surface area contributed by atoms with Gasteiger partial charge in [0.1, 0.15) is 0 Å². The molecular formula is C20H26N2O5. The van der Waals surface area contributed by atoms with Crippen LogP contribution in [0.15, 0.2) is 24.3 Å². The van der Waals surface area contributed by atoms with Crippen LogP contribution in [0.5, 0.6) is 0 Å². The van der Waals surface area contributed by atoms with Gasteiger partial charge >= 0.3 is 5.97 Å². The Kier molecular flexibility index (Phi) is 6.45. The van der Waals surface area contributed by atoms with Gasteiger partial charge in [0.2, 0.25) is 5.91 Å². The predicted molar refractivity (Wildman–Crippen MR) is 99.5 cm³/mol. The van der Waals surface area contributed by atoms with Gasteiger partial charge in [0, 0.05) is 30.3 Å². The molecule has 0 aromatic heterocycles. The van der Waals surface area contributed by atoms with Gasteiger partial charge in [0.05, 0.1) is 19.1 Å². The number of morpholine rings is 1. The number of benzene rings is 1. The first-order valence-corrected chi connectivity index (χ1v) is 9.56. The number of nitrogens with one attached hydrogen (secondary N) is 1. The maximum Gasteiger partial charge on any atom is 0.306 e. The normalized spacial score (nSPS) is 20.9. The fourth-order valence-electron chi connectivity index (χ4n) is 3.74. The van der Waals surface area contributed by atoms with Gasteiger partial charge in [-0.25, -0.2) is 0 Å². The van der Waals surface area contributed by atoms with Crippen molar-refractivity contribution in [2.24, 2.45) is 5.92 Å². The number of nitrogens with zero attached hydrogens (tertiary/aromatic N) is 1. The molecule has 2 aliphatic rings. The van der Waals surface area contributed by atoms with Crippen molar-refractivity contribution in [2.45, 2.75) is 44.6 Å². The molecular weight excluding hydrogens is 348 g/mol. The first-order chi connectivity index (χ1) is 13.0. The van der Waals surface area contributed by atoms with Crippen molar-refractivity contribution in [2.75, 3.05) is 25.0 Å². The summed E-state index contributed by atoms with van der Waals surface area (Å²) >= 11 is 0. The summed E-state index contributed by atoms with van der Waals surface area (Å²) in [6.45, 7) is 0.999. The molecule has 0 radical (unpaired) electrons. The maximum absolute atomic E-state index is 12.8. The molecule has 0 spiro atoms. The second-order valence-electron chi connectivity index (χ2n) is 7.25. The van der Waals surface area contributed by atoms with Crippen LogP contribution >= 0.6 is 0 Å². The highest BCUT2D eigenvalue weighted by atomic mass is 16.5. The van der Waals surface area contributed by atoms with Gasteiger partial charge in [-0.2, -0.15) is 0 Å². The summed E-state index contributed by atoms with van der Waals surface area (Å²) in [6.07, 6.45) is 4.59. The van der Waals surface area contributed by atoms with Crippen molar-refractivity contribution < 1.29 is 24.2 Å². The summed E-state index contributed by atoms with van der Waals surface area (Å²) in [7, 11) is 0. The monoisotopic (exact) mass is 374 g/mol. The van der Waals surface area contributed by atoms with Crippen LogP contribution in [-0.4, -0.2) is 53.6 Å². The third-order valence-electron chi connectivity index (χ3n) is 5.18. The van der Waals surface area contributed by atoms with Gasteiger partial charge in [-0.05, 0) is 31.0 Å². The summed E-state index contributed by atoms with van der Waals surface area (Å²) in [4.78, 5) is 37.7. The number of carbonyl (C=O) groups is 3. The minimum Gasteiger partial charge on any atom is -0.481 e. The molecule has 27 heavy (non-hydrogen) atoms. The number of aliphatic carboxylic acids is 1.